The Morgan fingerprint density at radius 3 is 2.71 bits per heavy atom. The molecule has 0 N–H and O–H groups in total. The molecule has 1 fully saturated rings. The first-order valence-corrected chi connectivity index (χ1v) is 7.24. The quantitative estimate of drug-likeness (QED) is 0.845. The van der Waals surface area contributed by atoms with Gasteiger partial charge in [-0.3, -0.25) is 0 Å². The van der Waals surface area contributed by atoms with Crippen molar-refractivity contribution in [1.82, 2.24) is 9.97 Å². The highest BCUT2D eigenvalue weighted by atomic mass is 19.4. The third-order valence-corrected chi connectivity index (χ3v) is 3.76. The van der Waals surface area contributed by atoms with E-state index in [1.54, 1.807) is 11.0 Å². The van der Waals surface area contributed by atoms with E-state index >= 15 is 0 Å². The summed E-state index contributed by atoms with van der Waals surface area (Å²) in [5.41, 5.74) is -0.490. The summed E-state index contributed by atoms with van der Waals surface area (Å²) < 4.78 is 45.2. The zero-order chi connectivity index (χ0) is 17.2. The lowest BCUT2D eigenvalue weighted by Crippen LogP contribution is -2.40. The van der Waals surface area contributed by atoms with Gasteiger partial charge in [-0.25, -0.2) is 9.97 Å². The molecule has 0 bridgehead atoms. The van der Waals surface area contributed by atoms with E-state index in [9.17, 15) is 13.2 Å². The van der Waals surface area contributed by atoms with Gasteiger partial charge in [0, 0.05) is 25.5 Å². The molecule has 1 aliphatic heterocycles. The van der Waals surface area contributed by atoms with Crippen LogP contribution in [0.4, 0.5) is 19.0 Å². The van der Waals surface area contributed by atoms with E-state index in [1.165, 1.54) is 24.5 Å². The van der Waals surface area contributed by atoms with Gasteiger partial charge in [-0.2, -0.15) is 18.4 Å². The second-order valence-corrected chi connectivity index (χ2v) is 5.23. The molecule has 0 aliphatic carbocycles. The number of alkyl halides is 3. The Morgan fingerprint density at radius 1 is 1.21 bits per heavy atom. The highest BCUT2D eigenvalue weighted by Crippen LogP contribution is 2.37. The van der Waals surface area contributed by atoms with Gasteiger partial charge in [0.05, 0.1) is 12.2 Å². The fraction of sp³-hybridized carbons (Fsp3) is 0.312. The minimum Gasteiger partial charge on any atom is -0.370 e. The van der Waals surface area contributed by atoms with Crippen LogP contribution in [0.25, 0.3) is 0 Å². The number of morpholine rings is 1. The summed E-state index contributed by atoms with van der Waals surface area (Å²) in [6.45, 7) is 0.830. The van der Waals surface area contributed by atoms with Crippen molar-refractivity contribution in [3.8, 4) is 6.07 Å². The van der Waals surface area contributed by atoms with Crippen LogP contribution in [0.5, 0.6) is 0 Å². The van der Waals surface area contributed by atoms with E-state index in [-0.39, 0.29) is 24.4 Å². The average Bonchev–Trinajstić information content (AvgIpc) is 2.61. The summed E-state index contributed by atoms with van der Waals surface area (Å²) in [7, 11) is 0. The minimum absolute atomic E-state index is 0.0806. The van der Waals surface area contributed by atoms with Crippen LogP contribution in [0.2, 0.25) is 0 Å². The molecule has 0 radical (unpaired) electrons. The van der Waals surface area contributed by atoms with Crippen LogP contribution in [0, 0.1) is 11.3 Å². The number of halogens is 3. The number of ether oxygens (including phenoxy) is 1. The number of hydrogen-bond donors (Lipinski definition) is 0. The number of hydrogen-bond acceptors (Lipinski definition) is 5. The SMILES string of the molecule is N#Cc1nccnc1N1CCO[C@@H](c2ccccc2C(F)(F)F)C1. The number of benzene rings is 1. The van der Waals surface area contributed by atoms with Crippen LogP contribution >= 0.6 is 0 Å². The monoisotopic (exact) mass is 334 g/mol. The lowest BCUT2D eigenvalue weighted by Gasteiger charge is -2.34. The first-order chi connectivity index (χ1) is 11.5. The van der Waals surface area contributed by atoms with Crippen LogP contribution < -0.4 is 4.90 Å². The molecule has 0 spiro atoms. The van der Waals surface area contributed by atoms with Crippen LogP contribution in [-0.4, -0.2) is 29.7 Å². The predicted molar refractivity (Wildman–Crippen MR) is 79.1 cm³/mol. The van der Waals surface area contributed by atoms with Gasteiger partial charge in [-0.05, 0) is 11.6 Å². The molecule has 0 saturated carbocycles. The second-order valence-electron chi connectivity index (χ2n) is 5.23. The third-order valence-electron chi connectivity index (χ3n) is 3.76. The Balaban J connectivity index is 1.91. The minimum atomic E-state index is -4.45. The number of anilines is 1. The maximum absolute atomic E-state index is 13.2. The zero-order valence-corrected chi connectivity index (χ0v) is 12.5. The van der Waals surface area contributed by atoms with E-state index in [2.05, 4.69) is 9.97 Å². The van der Waals surface area contributed by atoms with Gasteiger partial charge in [-0.1, -0.05) is 18.2 Å². The topological polar surface area (TPSA) is 62.0 Å². The molecule has 24 heavy (non-hydrogen) atoms. The van der Waals surface area contributed by atoms with E-state index in [4.69, 9.17) is 10.00 Å². The first-order valence-electron chi connectivity index (χ1n) is 7.24. The summed E-state index contributed by atoms with van der Waals surface area (Å²) >= 11 is 0. The summed E-state index contributed by atoms with van der Waals surface area (Å²) in [4.78, 5) is 9.81. The molecule has 0 unspecified atom stereocenters. The molecule has 5 nitrogen and oxygen atoms in total. The van der Waals surface area contributed by atoms with Crippen molar-refractivity contribution >= 4 is 5.82 Å². The Hall–Kier alpha value is -2.66. The summed E-state index contributed by atoms with van der Waals surface area (Å²) in [6, 6.07) is 7.31. The fourth-order valence-corrected chi connectivity index (χ4v) is 2.71. The average molecular weight is 334 g/mol. The Labute approximate surface area is 136 Å². The lowest BCUT2D eigenvalue weighted by atomic mass is 10.0. The van der Waals surface area contributed by atoms with Gasteiger partial charge in [0.15, 0.2) is 11.5 Å². The van der Waals surface area contributed by atoms with Crippen LogP contribution in [0.1, 0.15) is 22.9 Å². The van der Waals surface area contributed by atoms with E-state index in [0.717, 1.165) is 6.07 Å². The molecule has 1 saturated heterocycles. The largest absolute Gasteiger partial charge is 0.416 e. The number of nitriles is 1. The Morgan fingerprint density at radius 2 is 1.96 bits per heavy atom. The first kappa shape index (κ1) is 16.2. The second kappa shape index (κ2) is 6.45. The van der Waals surface area contributed by atoms with Crippen molar-refractivity contribution in [1.29, 1.82) is 5.26 Å². The van der Waals surface area contributed by atoms with Gasteiger partial charge in [0.1, 0.15) is 12.2 Å². The molecule has 124 valence electrons. The summed E-state index contributed by atoms with van der Waals surface area (Å²) in [5, 5.41) is 9.12. The maximum atomic E-state index is 13.2. The van der Waals surface area contributed by atoms with Gasteiger partial charge in [0.2, 0.25) is 0 Å². The standard InChI is InChI=1S/C16H13F3N4O/c17-16(18,19)12-4-2-1-3-11(12)14-10-23(7-8-24-14)15-13(9-20)21-5-6-22-15/h1-6,14H,7-8,10H2/t14-/m1/s1. The molecule has 1 aliphatic rings. The Bertz CT molecular complexity index is 772. The highest BCUT2D eigenvalue weighted by Gasteiger charge is 2.36. The fourth-order valence-electron chi connectivity index (χ4n) is 2.71. The molecule has 1 atom stereocenters. The summed E-state index contributed by atoms with van der Waals surface area (Å²) in [5.74, 6) is 0.359. The van der Waals surface area contributed by atoms with E-state index in [1.807, 2.05) is 6.07 Å². The van der Waals surface area contributed by atoms with Gasteiger partial charge in [-0.15, -0.1) is 0 Å². The molecule has 2 heterocycles. The van der Waals surface area contributed by atoms with Crippen molar-refractivity contribution < 1.29 is 17.9 Å². The van der Waals surface area contributed by atoms with E-state index < -0.39 is 17.8 Å². The molecule has 1 aromatic carbocycles. The summed E-state index contributed by atoms with van der Waals surface area (Å²) in [6.07, 6.45) is -2.36. The highest BCUT2D eigenvalue weighted by molar-refractivity contribution is 5.50. The van der Waals surface area contributed by atoms with Crippen LogP contribution in [0.15, 0.2) is 36.7 Å². The van der Waals surface area contributed by atoms with Crippen molar-refractivity contribution in [2.24, 2.45) is 0 Å². The van der Waals surface area contributed by atoms with Crippen molar-refractivity contribution in [3.63, 3.8) is 0 Å². The normalized spacial score (nSPS) is 18.2. The molecule has 0 amide bonds. The molecular formula is C16H13F3N4O. The molecule has 2 aromatic rings. The van der Waals surface area contributed by atoms with Gasteiger partial charge >= 0.3 is 6.18 Å². The molecular weight excluding hydrogens is 321 g/mol. The predicted octanol–water partition coefficient (Wildman–Crippen LogP) is 2.94. The number of aromatic nitrogens is 2. The molecule has 8 heteroatoms. The van der Waals surface area contributed by atoms with Gasteiger partial charge in [0.25, 0.3) is 0 Å². The Kier molecular flexibility index (Phi) is 4.36. The van der Waals surface area contributed by atoms with Crippen LogP contribution in [0.3, 0.4) is 0 Å². The zero-order valence-electron chi connectivity index (χ0n) is 12.5. The van der Waals surface area contributed by atoms with Crippen molar-refractivity contribution in [2.45, 2.75) is 12.3 Å². The molecule has 1 aromatic heterocycles. The van der Waals surface area contributed by atoms with Crippen molar-refractivity contribution in [3.05, 3.63) is 53.5 Å². The number of nitrogens with zero attached hydrogens (tertiary/aromatic N) is 4. The lowest BCUT2D eigenvalue weighted by molar-refractivity contribution is -0.139. The smallest absolute Gasteiger partial charge is 0.370 e. The van der Waals surface area contributed by atoms with E-state index in [0.29, 0.717) is 12.4 Å². The van der Waals surface area contributed by atoms with Crippen molar-refractivity contribution in [2.75, 3.05) is 24.6 Å². The third kappa shape index (κ3) is 3.16. The van der Waals surface area contributed by atoms with Crippen LogP contribution in [-0.2, 0) is 10.9 Å². The maximum Gasteiger partial charge on any atom is 0.416 e. The number of rotatable bonds is 2. The molecule has 3 rings (SSSR count). The van der Waals surface area contributed by atoms with Gasteiger partial charge < -0.3 is 9.64 Å².